The Balaban J connectivity index is 4.24. The molecule has 0 heterocycles. The first-order valence-electron chi connectivity index (χ1n) is 22.9. The molecule has 0 aromatic carbocycles. The van der Waals surface area contributed by atoms with E-state index in [2.05, 4.69) is 27.7 Å². The molecule has 6 nitrogen and oxygen atoms in total. The summed E-state index contributed by atoms with van der Waals surface area (Å²) in [5.41, 5.74) is 0. The summed E-state index contributed by atoms with van der Waals surface area (Å²) in [6.07, 6.45) is 39.6. The van der Waals surface area contributed by atoms with Crippen molar-refractivity contribution in [3.63, 3.8) is 0 Å². The van der Waals surface area contributed by atoms with E-state index in [0.717, 1.165) is 63.7 Å². The highest BCUT2D eigenvalue weighted by Gasteiger charge is 2.19. The third-order valence-electron chi connectivity index (χ3n) is 10.3. The number of rotatable bonds is 41. The molecule has 0 N–H and O–H groups in total. The summed E-state index contributed by atoms with van der Waals surface area (Å²) in [5, 5.41) is 0. The van der Waals surface area contributed by atoms with Crippen molar-refractivity contribution in [1.82, 2.24) is 0 Å². The normalized spacial score (nSPS) is 11.9. The maximum Gasteiger partial charge on any atom is 0.306 e. The van der Waals surface area contributed by atoms with Gasteiger partial charge in [-0.05, 0) is 25.2 Å². The Morgan fingerprint density at radius 2 is 0.635 bits per heavy atom. The monoisotopic (exact) mass is 737 g/mol. The van der Waals surface area contributed by atoms with Crippen LogP contribution in [0, 0.1) is 5.92 Å². The summed E-state index contributed by atoms with van der Waals surface area (Å²) in [6, 6.07) is 0. The molecule has 0 aliphatic carbocycles. The highest BCUT2D eigenvalue weighted by molar-refractivity contribution is 5.71. The van der Waals surface area contributed by atoms with Crippen molar-refractivity contribution < 1.29 is 28.6 Å². The van der Waals surface area contributed by atoms with Gasteiger partial charge in [0.2, 0.25) is 0 Å². The van der Waals surface area contributed by atoms with E-state index in [4.69, 9.17) is 14.2 Å². The van der Waals surface area contributed by atoms with Crippen molar-refractivity contribution >= 4 is 17.9 Å². The molecule has 0 fully saturated rings. The minimum absolute atomic E-state index is 0.0646. The molecule has 0 amide bonds. The summed E-state index contributed by atoms with van der Waals surface area (Å²) in [7, 11) is 0. The molecule has 0 aromatic rings. The molecule has 0 rings (SSSR count). The van der Waals surface area contributed by atoms with Crippen LogP contribution in [0.2, 0.25) is 0 Å². The first-order valence-corrected chi connectivity index (χ1v) is 22.9. The van der Waals surface area contributed by atoms with Gasteiger partial charge in [-0.1, -0.05) is 214 Å². The Bertz CT molecular complexity index is 781. The predicted molar refractivity (Wildman–Crippen MR) is 220 cm³/mol. The number of hydrogen-bond acceptors (Lipinski definition) is 6. The fraction of sp³-hybridized carbons (Fsp3) is 0.935. The standard InChI is InChI=1S/C46H88O6/c1-5-7-9-11-13-15-16-17-18-19-20-21-23-24-29-33-37-44(47)50-40-43(52-46(49)39-35-31-25-22-14-12-10-8-6-2)41-51-45(48)38-34-30-27-26-28-32-36-42(3)4/h42-43H,5-41H2,1-4H3/t43-/m1/s1. The molecule has 0 spiro atoms. The van der Waals surface area contributed by atoms with Gasteiger partial charge in [0.15, 0.2) is 6.10 Å². The molecule has 0 aromatic heterocycles. The van der Waals surface area contributed by atoms with E-state index in [1.807, 2.05) is 0 Å². The topological polar surface area (TPSA) is 78.9 Å². The van der Waals surface area contributed by atoms with Crippen molar-refractivity contribution in [3.8, 4) is 0 Å². The lowest BCUT2D eigenvalue weighted by Gasteiger charge is -2.18. The molecule has 0 aliphatic heterocycles. The predicted octanol–water partition coefficient (Wildman–Crippen LogP) is 14.3. The molecule has 0 saturated carbocycles. The van der Waals surface area contributed by atoms with E-state index < -0.39 is 6.10 Å². The van der Waals surface area contributed by atoms with Gasteiger partial charge in [-0.2, -0.15) is 0 Å². The van der Waals surface area contributed by atoms with Crippen molar-refractivity contribution in [1.29, 1.82) is 0 Å². The Morgan fingerprint density at radius 1 is 0.365 bits per heavy atom. The largest absolute Gasteiger partial charge is 0.462 e. The van der Waals surface area contributed by atoms with Crippen LogP contribution in [0.4, 0.5) is 0 Å². The Labute approximate surface area is 323 Å². The number of carbonyl (C=O) groups excluding carboxylic acids is 3. The van der Waals surface area contributed by atoms with Crippen LogP contribution in [0.1, 0.15) is 252 Å². The molecule has 0 bridgehead atoms. The minimum atomic E-state index is -0.759. The maximum absolute atomic E-state index is 12.6. The van der Waals surface area contributed by atoms with Crippen LogP contribution in [-0.2, 0) is 28.6 Å². The third kappa shape index (κ3) is 39.6. The van der Waals surface area contributed by atoms with Gasteiger partial charge in [0.05, 0.1) is 0 Å². The van der Waals surface area contributed by atoms with E-state index in [1.165, 1.54) is 148 Å². The van der Waals surface area contributed by atoms with Crippen molar-refractivity contribution in [2.24, 2.45) is 5.92 Å². The van der Waals surface area contributed by atoms with Gasteiger partial charge in [-0.15, -0.1) is 0 Å². The number of ether oxygens (including phenoxy) is 3. The first kappa shape index (κ1) is 50.4. The lowest BCUT2D eigenvalue weighted by Crippen LogP contribution is -2.30. The number of hydrogen-bond donors (Lipinski definition) is 0. The lowest BCUT2D eigenvalue weighted by molar-refractivity contribution is -0.167. The zero-order chi connectivity index (χ0) is 38.2. The molecule has 0 unspecified atom stereocenters. The van der Waals surface area contributed by atoms with Crippen LogP contribution >= 0.6 is 0 Å². The summed E-state index contributed by atoms with van der Waals surface area (Å²) in [6.45, 7) is 8.91. The highest BCUT2D eigenvalue weighted by atomic mass is 16.6. The second kappa shape index (κ2) is 40.6. The molecule has 1 atom stereocenters. The van der Waals surface area contributed by atoms with Crippen molar-refractivity contribution in [2.75, 3.05) is 13.2 Å². The molecule has 0 radical (unpaired) electrons. The Morgan fingerprint density at radius 3 is 0.942 bits per heavy atom. The van der Waals surface area contributed by atoms with Crippen molar-refractivity contribution in [2.45, 2.75) is 259 Å². The van der Waals surface area contributed by atoms with Gasteiger partial charge in [0.1, 0.15) is 13.2 Å². The van der Waals surface area contributed by atoms with Crippen LogP contribution in [0.25, 0.3) is 0 Å². The van der Waals surface area contributed by atoms with Gasteiger partial charge in [0.25, 0.3) is 0 Å². The number of esters is 3. The van der Waals surface area contributed by atoms with Gasteiger partial charge >= 0.3 is 17.9 Å². The maximum atomic E-state index is 12.6. The summed E-state index contributed by atoms with van der Waals surface area (Å²) < 4.78 is 16.7. The van der Waals surface area contributed by atoms with E-state index in [-0.39, 0.29) is 31.1 Å². The van der Waals surface area contributed by atoms with Crippen LogP contribution < -0.4 is 0 Å². The zero-order valence-corrected chi connectivity index (χ0v) is 35.3. The van der Waals surface area contributed by atoms with Crippen LogP contribution in [0.3, 0.4) is 0 Å². The molecule has 0 aliphatic rings. The first-order chi connectivity index (χ1) is 25.4. The molecule has 6 heteroatoms. The van der Waals surface area contributed by atoms with E-state index in [9.17, 15) is 14.4 Å². The molecular weight excluding hydrogens is 648 g/mol. The van der Waals surface area contributed by atoms with Crippen LogP contribution in [0.5, 0.6) is 0 Å². The molecule has 308 valence electrons. The van der Waals surface area contributed by atoms with Gasteiger partial charge < -0.3 is 14.2 Å². The van der Waals surface area contributed by atoms with E-state index in [0.29, 0.717) is 19.3 Å². The second-order valence-corrected chi connectivity index (χ2v) is 16.2. The minimum Gasteiger partial charge on any atom is -0.462 e. The van der Waals surface area contributed by atoms with Gasteiger partial charge in [-0.25, -0.2) is 0 Å². The van der Waals surface area contributed by atoms with Crippen molar-refractivity contribution in [3.05, 3.63) is 0 Å². The number of carbonyl (C=O) groups is 3. The molecule has 0 saturated heterocycles. The fourth-order valence-corrected chi connectivity index (χ4v) is 6.80. The van der Waals surface area contributed by atoms with E-state index >= 15 is 0 Å². The molecule has 52 heavy (non-hydrogen) atoms. The quantitative estimate of drug-likeness (QED) is 0.0353. The van der Waals surface area contributed by atoms with E-state index in [1.54, 1.807) is 0 Å². The van der Waals surface area contributed by atoms with Crippen LogP contribution in [-0.4, -0.2) is 37.2 Å². The van der Waals surface area contributed by atoms with Crippen LogP contribution in [0.15, 0.2) is 0 Å². The lowest BCUT2D eigenvalue weighted by atomic mass is 10.0. The average Bonchev–Trinajstić information content (AvgIpc) is 3.12. The molecular formula is C46H88O6. The zero-order valence-electron chi connectivity index (χ0n) is 35.3. The summed E-state index contributed by atoms with van der Waals surface area (Å²) in [4.78, 5) is 37.6. The second-order valence-electron chi connectivity index (χ2n) is 16.2. The van der Waals surface area contributed by atoms with Gasteiger partial charge in [-0.3, -0.25) is 14.4 Å². The smallest absolute Gasteiger partial charge is 0.306 e. The summed E-state index contributed by atoms with van der Waals surface area (Å²) in [5.74, 6) is -0.0976. The Kier molecular flexibility index (Phi) is 39.4. The average molecular weight is 737 g/mol. The third-order valence-corrected chi connectivity index (χ3v) is 10.3. The summed E-state index contributed by atoms with van der Waals surface area (Å²) >= 11 is 0. The SMILES string of the molecule is CCCCCCCCCCCCCCCCCCC(=O)OC[C@H](COC(=O)CCCCCCCCC(C)C)OC(=O)CCCCCCCCCCC. The number of unbranched alkanes of at least 4 members (excludes halogenated alkanes) is 28. The fourth-order valence-electron chi connectivity index (χ4n) is 6.80. The van der Waals surface area contributed by atoms with Gasteiger partial charge in [0, 0.05) is 19.3 Å². The Hall–Kier alpha value is -1.59. The highest BCUT2D eigenvalue weighted by Crippen LogP contribution is 2.16.